The quantitative estimate of drug-likeness (QED) is 0.945. The third-order valence-corrected chi connectivity index (χ3v) is 2.73. The molecule has 4 nitrogen and oxygen atoms in total. The Morgan fingerprint density at radius 3 is 2.82 bits per heavy atom. The van der Waals surface area contributed by atoms with Crippen LogP contribution in [-0.4, -0.2) is 9.97 Å². The maximum atomic E-state index is 5.60. The molecule has 0 aliphatic carbocycles. The Hall–Kier alpha value is -1.46. The second kappa shape index (κ2) is 5.25. The van der Waals surface area contributed by atoms with Crippen molar-refractivity contribution in [2.75, 3.05) is 0 Å². The predicted molar refractivity (Wildman–Crippen MR) is 68.9 cm³/mol. The minimum Gasteiger partial charge on any atom is -0.437 e. The van der Waals surface area contributed by atoms with Crippen molar-refractivity contribution in [2.24, 2.45) is 5.73 Å². The van der Waals surface area contributed by atoms with Crippen LogP contribution in [0.1, 0.15) is 11.3 Å². The fourth-order valence-electron chi connectivity index (χ4n) is 1.41. The Balaban J connectivity index is 2.22. The third-order valence-electron chi connectivity index (χ3n) is 2.29. The largest absolute Gasteiger partial charge is 0.437 e. The number of nitrogens with zero attached hydrogens (tertiary/aromatic N) is 2. The Morgan fingerprint density at radius 1 is 1.35 bits per heavy atom. The van der Waals surface area contributed by atoms with Crippen LogP contribution in [0.5, 0.6) is 11.6 Å². The molecule has 2 rings (SSSR count). The number of aryl methyl sites for hydroxylation is 1. The number of halogens is 1. The van der Waals surface area contributed by atoms with Crippen molar-refractivity contribution in [1.82, 2.24) is 9.97 Å². The number of rotatable bonds is 3. The second-order valence-electron chi connectivity index (χ2n) is 3.54. The van der Waals surface area contributed by atoms with Crippen LogP contribution >= 0.6 is 15.9 Å². The van der Waals surface area contributed by atoms with E-state index in [0.29, 0.717) is 18.2 Å². The molecule has 17 heavy (non-hydrogen) atoms. The van der Waals surface area contributed by atoms with E-state index in [9.17, 15) is 0 Å². The molecule has 0 saturated carbocycles. The molecular formula is C12H12BrN3O. The van der Waals surface area contributed by atoms with Crippen molar-refractivity contribution >= 4 is 15.9 Å². The summed E-state index contributed by atoms with van der Waals surface area (Å²) in [6.45, 7) is 2.39. The van der Waals surface area contributed by atoms with Gasteiger partial charge in [0.2, 0.25) is 5.88 Å². The van der Waals surface area contributed by atoms with E-state index < -0.39 is 0 Å². The van der Waals surface area contributed by atoms with E-state index in [2.05, 4.69) is 25.9 Å². The van der Waals surface area contributed by atoms with Crippen molar-refractivity contribution in [3.05, 3.63) is 46.3 Å². The van der Waals surface area contributed by atoms with Gasteiger partial charge in [0.15, 0.2) is 0 Å². The molecule has 0 atom stereocenters. The minimum atomic E-state index is 0.484. The molecule has 0 fully saturated rings. The first-order valence-corrected chi connectivity index (χ1v) is 5.93. The summed E-state index contributed by atoms with van der Waals surface area (Å²) in [7, 11) is 0. The highest BCUT2D eigenvalue weighted by Gasteiger charge is 2.03. The van der Waals surface area contributed by atoms with Crippen LogP contribution < -0.4 is 10.5 Å². The van der Waals surface area contributed by atoms with Gasteiger partial charge in [-0.3, -0.25) is 4.98 Å². The fraction of sp³-hybridized carbons (Fsp3) is 0.167. The highest BCUT2D eigenvalue weighted by Crippen LogP contribution is 2.22. The topological polar surface area (TPSA) is 61.0 Å². The second-order valence-corrected chi connectivity index (χ2v) is 4.45. The van der Waals surface area contributed by atoms with Gasteiger partial charge >= 0.3 is 0 Å². The summed E-state index contributed by atoms with van der Waals surface area (Å²) in [6, 6.07) is 5.56. The lowest BCUT2D eigenvalue weighted by Crippen LogP contribution is -2.01. The van der Waals surface area contributed by atoms with Crippen LogP contribution in [0.25, 0.3) is 0 Å². The monoisotopic (exact) mass is 293 g/mol. The standard InChI is InChI=1S/C12H12BrN3O/c1-8-9(5-14)2-3-12(16-8)17-11-4-10(13)6-15-7-11/h2-4,6-7H,5,14H2,1H3. The average Bonchev–Trinajstić information content (AvgIpc) is 2.29. The van der Waals surface area contributed by atoms with Gasteiger partial charge in [-0.1, -0.05) is 6.07 Å². The number of aromatic nitrogens is 2. The summed E-state index contributed by atoms with van der Waals surface area (Å²) < 4.78 is 6.46. The number of hydrogen-bond acceptors (Lipinski definition) is 4. The zero-order valence-electron chi connectivity index (χ0n) is 9.35. The molecule has 0 saturated heterocycles. The van der Waals surface area contributed by atoms with E-state index in [0.717, 1.165) is 15.7 Å². The summed E-state index contributed by atoms with van der Waals surface area (Å²) >= 11 is 3.33. The summed E-state index contributed by atoms with van der Waals surface area (Å²) in [6.07, 6.45) is 3.33. The lowest BCUT2D eigenvalue weighted by Gasteiger charge is -2.07. The Labute approximate surface area is 108 Å². The van der Waals surface area contributed by atoms with Crippen molar-refractivity contribution in [2.45, 2.75) is 13.5 Å². The van der Waals surface area contributed by atoms with Crippen LogP contribution in [0.15, 0.2) is 35.1 Å². The predicted octanol–water partition coefficient (Wildman–Crippen LogP) is 2.80. The molecule has 0 radical (unpaired) electrons. The summed E-state index contributed by atoms with van der Waals surface area (Å²) in [5.74, 6) is 1.19. The molecule has 0 amide bonds. The zero-order chi connectivity index (χ0) is 12.3. The lowest BCUT2D eigenvalue weighted by atomic mass is 10.2. The smallest absolute Gasteiger partial charge is 0.219 e. The van der Waals surface area contributed by atoms with Gasteiger partial charge in [-0.15, -0.1) is 0 Å². The van der Waals surface area contributed by atoms with Gasteiger partial charge in [-0.25, -0.2) is 4.98 Å². The molecule has 88 valence electrons. The first-order chi connectivity index (χ1) is 8.19. The van der Waals surface area contributed by atoms with Gasteiger partial charge in [0.1, 0.15) is 5.75 Å². The molecule has 0 aromatic carbocycles. The third kappa shape index (κ3) is 3.01. The molecule has 2 aromatic heterocycles. The Morgan fingerprint density at radius 2 is 2.18 bits per heavy atom. The lowest BCUT2D eigenvalue weighted by molar-refractivity contribution is 0.458. The highest BCUT2D eigenvalue weighted by atomic mass is 79.9. The van der Waals surface area contributed by atoms with Gasteiger partial charge in [0.25, 0.3) is 0 Å². The molecule has 2 N–H and O–H groups in total. The van der Waals surface area contributed by atoms with Gasteiger partial charge in [-0.2, -0.15) is 0 Å². The number of ether oxygens (including phenoxy) is 1. The van der Waals surface area contributed by atoms with Gasteiger partial charge in [0.05, 0.1) is 6.20 Å². The summed E-state index contributed by atoms with van der Waals surface area (Å²) in [4.78, 5) is 8.34. The van der Waals surface area contributed by atoms with Crippen LogP contribution in [0, 0.1) is 6.92 Å². The maximum absolute atomic E-state index is 5.60. The van der Waals surface area contributed by atoms with E-state index in [4.69, 9.17) is 10.5 Å². The molecule has 0 aliphatic heterocycles. The van der Waals surface area contributed by atoms with E-state index in [-0.39, 0.29) is 0 Å². The fourth-order valence-corrected chi connectivity index (χ4v) is 1.75. The van der Waals surface area contributed by atoms with Crippen LogP contribution in [0.3, 0.4) is 0 Å². The first-order valence-electron chi connectivity index (χ1n) is 5.14. The van der Waals surface area contributed by atoms with Gasteiger partial charge < -0.3 is 10.5 Å². The Kier molecular flexibility index (Phi) is 3.71. The van der Waals surface area contributed by atoms with Crippen molar-refractivity contribution in [1.29, 1.82) is 0 Å². The highest BCUT2D eigenvalue weighted by molar-refractivity contribution is 9.10. The molecule has 5 heteroatoms. The normalized spacial score (nSPS) is 10.3. The van der Waals surface area contributed by atoms with Crippen molar-refractivity contribution in [3.8, 4) is 11.6 Å². The molecule has 0 spiro atoms. The molecule has 0 aliphatic rings. The first kappa shape index (κ1) is 12.0. The minimum absolute atomic E-state index is 0.484. The SMILES string of the molecule is Cc1nc(Oc2cncc(Br)c2)ccc1CN. The van der Waals surface area contributed by atoms with Gasteiger partial charge in [0, 0.05) is 29.0 Å². The summed E-state index contributed by atoms with van der Waals surface area (Å²) in [5.41, 5.74) is 7.48. The van der Waals surface area contributed by atoms with E-state index in [1.54, 1.807) is 18.5 Å². The molecule has 0 bridgehead atoms. The van der Waals surface area contributed by atoms with E-state index >= 15 is 0 Å². The van der Waals surface area contributed by atoms with Crippen molar-refractivity contribution < 1.29 is 4.74 Å². The Bertz CT molecular complexity index is 531. The number of pyridine rings is 2. The molecule has 2 aromatic rings. The van der Waals surface area contributed by atoms with Gasteiger partial charge in [-0.05, 0) is 34.5 Å². The zero-order valence-corrected chi connectivity index (χ0v) is 10.9. The summed E-state index contributed by atoms with van der Waals surface area (Å²) in [5, 5.41) is 0. The maximum Gasteiger partial charge on any atom is 0.219 e. The van der Waals surface area contributed by atoms with Crippen molar-refractivity contribution in [3.63, 3.8) is 0 Å². The number of nitrogens with two attached hydrogens (primary N) is 1. The molecule has 2 heterocycles. The van der Waals surface area contributed by atoms with E-state index in [1.807, 2.05) is 19.1 Å². The van der Waals surface area contributed by atoms with Crippen LogP contribution in [-0.2, 0) is 6.54 Å². The van der Waals surface area contributed by atoms with Crippen LogP contribution in [0.4, 0.5) is 0 Å². The molecule has 0 unspecified atom stereocenters. The van der Waals surface area contributed by atoms with Crippen LogP contribution in [0.2, 0.25) is 0 Å². The number of hydrogen-bond donors (Lipinski definition) is 1. The average molecular weight is 294 g/mol. The van der Waals surface area contributed by atoms with E-state index in [1.165, 1.54) is 0 Å². The molecular weight excluding hydrogens is 282 g/mol.